The van der Waals surface area contributed by atoms with Gasteiger partial charge in [-0.1, -0.05) is 26.0 Å². The van der Waals surface area contributed by atoms with Gasteiger partial charge in [0.2, 0.25) is 5.91 Å². The first-order valence-electron chi connectivity index (χ1n) is 15.1. The Morgan fingerprint density at radius 1 is 0.977 bits per heavy atom. The van der Waals surface area contributed by atoms with Crippen molar-refractivity contribution in [2.45, 2.75) is 38.5 Å². The van der Waals surface area contributed by atoms with Gasteiger partial charge in [0.05, 0.1) is 25.5 Å². The van der Waals surface area contributed by atoms with Crippen molar-refractivity contribution in [1.29, 1.82) is 0 Å². The maximum absolute atomic E-state index is 13.0. The van der Waals surface area contributed by atoms with E-state index in [-0.39, 0.29) is 24.7 Å². The monoisotopic (exact) mass is 609 g/mol. The van der Waals surface area contributed by atoms with Crippen LogP contribution in [-0.2, 0) is 29.2 Å². The molecule has 3 heterocycles. The zero-order valence-corrected chi connectivity index (χ0v) is 26.3. The minimum Gasteiger partial charge on any atom is -0.494 e. The minimum absolute atomic E-state index is 0.0881. The molecule has 2 aliphatic rings. The third kappa shape index (κ3) is 7.86. The number of hydrogen-bond acceptors (Lipinski definition) is 9. The van der Waals surface area contributed by atoms with Gasteiger partial charge in [-0.2, -0.15) is 0 Å². The predicted molar refractivity (Wildman–Crippen MR) is 170 cm³/mol. The first-order chi connectivity index (χ1) is 20.9. The highest BCUT2D eigenvalue weighted by Crippen LogP contribution is 2.42. The average molecular weight is 610 g/mol. The molecule has 43 heavy (non-hydrogen) atoms. The highest BCUT2D eigenvalue weighted by molar-refractivity contribution is 7.17. The van der Waals surface area contributed by atoms with Crippen LogP contribution in [-0.4, -0.2) is 89.8 Å². The van der Waals surface area contributed by atoms with Crippen LogP contribution in [0.1, 0.15) is 38.7 Å². The van der Waals surface area contributed by atoms with Crippen molar-refractivity contribution >= 4 is 44.7 Å². The maximum atomic E-state index is 13.0. The lowest BCUT2D eigenvalue weighted by atomic mass is 9.77. The van der Waals surface area contributed by atoms with Crippen molar-refractivity contribution in [3.63, 3.8) is 0 Å². The molecule has 232 valence electrons. The van der Waals surface area contributed by atoms with Gasteiger partial charge in [-0.15, -0.1) is 11.3 Å². The molecule has 0 aliphatic carbocycles. The summed E-state index contributed by atoms with van der Waals surface area (Å²) in [7, 11) is 1.57. The molecule has 10 heteroatoms. The summed E-state index contributed by atoms with van der Waals surface area (Å²) in [6.07, 6.45) is 2.34. The lowest BCUT2D eigenvalue weighted by Crippen LogP contribution is -2.46. The van der Waals surface area contributed by atoms with Gasteiger partial charge in [0.15, 0.2) is 6.73 Å². The van der Waals surface area contributed by atoms with E-state index >= 15 is 0 Å². The number of piperazine rings is 1. The molecule has 0 unspecified atom stereocenters. The van der Waals surface area contributed by atoms with Crippen molar-refractivity contribution in [1.82, 2.24) is 4.90 Å². The van der Waals surface area contributed by atoms with Crippen LogP contribution in [0.3, 0.4) is 0 Å². The molecule has 0 atom stereocenters. The molecule has 1 fully saturated rings. The number of fused-ring (bicyclic) bond motifs is 2. The number of carbonyl (C=O) groups is 2. The fourth-order valence-electron chi connectivity index (χ4n) is 5.81. The quantitative estimate of drug-likeness (QED) is 0.185. The Hall–Kier alpha value is -3.18. The van der Waals surface area contributed by atoms with Crippen LogP contribution in [0.2, 0.25) is 0 Å². The number of rotatable bonds is 14. The number of thiophene rings is 1. The molecule has 0 N–H and O–H groups in total. The molecule has 0 spiro atoms. The van der Waals surface area contributed by atoms with Crippen LogP contribution < -0.4 is 14.5 Å². The van der Waals surface area contributed by atoms with Crippen LogP contribution >= 0.6 is 11.3 Å². The van der Waals surface area contributed by atoms with Gasteiger partial charge in [-0.05, 0) is 54.6 Å². The average Bonchev–Trinajstić information content (AvgIpc) is 3.48. The minimum atomic E-state index is -0.524. The molecule has 2 aliphatic heterocycles. The van der Waals surface area contributed by atoms with E-state index in [1.807, 2.05) is 18.2 Å². The highest BCUT2D eigenvalue weighted by Gasteiger charge is 2.37. The summed E-state index contributed by atoms with van der Waals surface area (Å²) in [5.74, 6) is 0.0958. The number of benzene rings is 2. The third-order valence-electron chi connectivity index (χ3n) is 8.21. The van der Waals surface area contributed by atoms with E-state index in [4.69, 9.17) is 18.9 Å². The van der Waals surface area contributed by atoms with E-state index in [2.05, 4.69) is 53.3 Å². The lowest BCUT2D eigenvalue weighted by molar-refractivity contribution is -0.149. The zero-order chi connectivity index (χ0) is 30.2. The fourth-order valence-corrected chi connectivity index (χ4v) is 6.62. The molecule has 1 saturated heterocycles. The molecule has 2 aromatic carbocycles. The predicted octanol–water partition coefficient (Wildman–Crippen LogP) is 5.06. The zero-order valence-electron chi connectivity index (χ0n) is 25.5. The molecular formula is C33H43N3O6S. The number of methoxy groups -OCH3 is 1. The van der Waals surface area contributed by atoms with Crippen molar-refractivity contribution < 1.29 is 28.5 Å². The normalized spacial score (nSPS) is 16.9. The Bertz CT molecular complexity index is 1380. The smallest absolute Gasteiger partial charge is 0.333 e. The van der Waals surface area contributed by atoms with Gasteiger partial charge in [0, 0.05) is 67.0 Å². The second-order valence-corrected chi connectivity index (χ2v) is 12.7. The van der Waals surface area contributed by atoms with Crippen molar-refractivity contribution in [2.24, 2.45) is 0 Å². The summed E-state index contributed by atoms with van der Waals surface area (Å²) < 4.78 is 23.0. The number of nitrogens with zero attached hydrogens (tertiary/aromatic N) is 3. The largest absolute Gasteiger partial charge is 0.494 e. The molecular weight excluding hydrogens is 566 g/mol. The Balaban J connectivity index is 1.08. The van der Waals surface area contributed by atoms with E-state index in [0.29, 0.717) is 32.0 Å². The Labute approximate surface area is 258 Å². The van der Waals surface area contributed by atoms with Gasteiger partial charge >= 0.3 is 5.97 Å². The molecule has 1 aromatic heterocycles. The van der Waals surface area contributed by atoms with Crippen LogP contribution in [0.5, 0.6) is 5.75 Å². The molecule has 3 aromatic rings. The summed E-state index contributed by atoms with van der Waals surface area (Å²) >= 11 is 1.80. The first kappa shape index (κ1) is 31.3. The fraction of sp³-hybridized carbons (Fsp3) is 0.515. The number of anilines is 2. The number of esters is 1. The van der Waals surface area contributed by atoms with E-state index in [0.717, 1.165) is 56.8 Å². The van der Waals surface area contributed by atoms with E-state index in [1.165, 1.54) is 20.7 Å². The van der Waals surface area contributed by atoms with Crippen molar-refractivity contribution in [3.8, 4) is 5.75 Å². The van der Waals surface area contributed by atoms with Gasteiger partial charge in [-0.25, -0.2) is 4.79 Å². The van der Waals surface area contributed by atoms with Crippen LogP contribution in [0.4, 0.5) is 11.4 Å². The topological polar surface area (TPSA) is 80.8 Å². The number of ether oxygens (including phenoxy) is 4. The van der Waals surface area contributed by atoms with Gasteiger partial charge in [-0.3, -0.25) is 14.6 Å². The maximum Gasteiger partial charge on any atom is 0.333 e. The van der Waals surface area contributed by atoms with Crippen LogP contribution in [0, 0.1) is 0 Å². The van der Waals surface area contributed by atoms with Gasteiger partial charge in [0.25, 0.3) is 0 Å². The van der Waals surface area contributed by atoms with Gasteiger partial charge in [0.1, 0.15) is 12.4 Å². The third-order valence-corrected chi connectivity index (χ3v) is 9.09. The Kier molecular flexibility index (Phi) is 10.6. The van der Waals surface area contributed by atoms with Crippen molar-refractivity contribution in [3.05, 3.63) is 53.4 Å². The van der Waals surface area contributed by atoms with E-state index < -0.39 is 5.97 Å². The van der Waals surface area contributed by atoms with E-state index in [1.54, 1.807) is 18.4 Å². The second-order valence-electron chi connectivity index (χ2n) is 11.7. The number of carbonyl (C=O) groups excluding carboxylic acids is 2. The van der Waals surface area contributed by atoms with Crippen molar-refractivity contribution in [2.75, 3.05) is 82.8 Å². The Morgan fingerprint density at radius 3 is 2.63 bits per heavy atom. The summed E-state index contributed by atoms with van der Waals surface area (Å²) in [4.78, 5) is 31.8. The number of unbranched alkanes of at least 4 members (excludes halogenated alkanes) is 1. The molecule has 1 amide bonds. The molecule has 0 saturated carbocycles. The molecule has 0 radical (unpaired) electrons. The second kappa shape index (κ2) is 14.5. The summed E-state index contributed by atoms with van der Waals surface area (Å²) in [5, 5.41) is 3.54. The standard InChI is InChI=1S/C33H43N3O6S/c1-33(2)22-31(37)36(24-42-32(38)23-40-19-18-39-3)29-21-25(9-10-27(29)33)41-17-5-4-12-34-13-15-35(16-14-34)28-7-6-8-30-26(28)11-20-43-30/h6-11,20-21H,4-5,12-19,22-24H2,1-3H3. The summed E-state index contributed by atoms with van der Waals surface area (Å²) in [6, 6.07) is 14.7. The van der Waals surface area contributed by atoms with Crippen LogP contribution in [0.25, 0.3) is 10.1 Å². The summed E-state index contributed by atoms with van der Waals surface area (Å²) in [5.41, 5.74) is 2.78. The Morgan fingerprint density at radius 2 is 1.81 bits per heavy atom. The molecule has 0 bridgehead atoms. The lowest BCUT2D eigenvalue weighted by Gasteiger charge is -2.38. The number of amides is 1. The molecule has 5 rings (SSSR count). The number of hydrogen-bond donors (Lipinski definition) is 0. The molecule has 9 nitrogen and oxygen atoms in total. The SMILES string of the molecule is COCCOCC(=O)OCN1C(=O)CC(C)(C)c2ccc(OCCCCN3CCN(c4cccc5sccc45)CC3)cc21. The highest BCUT2D eigenvalue weighted by atomic mass is 32.1. The summed E-state index contributed by atoms with van der Waals surface area (Å²) in [6.45, 7) is 10.3. The first-order valence-corrected chi connectivity index (χ1v) is 16.0. The van der Waals surface area contributed by atoms with Crippen LogP contribution in [0.15, 0.2) is 47.8 Å². The van der Waals surface area contributed by atoms with E-state index in [9.17, 15) is 9.59 Å². The van der Waals surface area contributed by atoms with Gasteiger partial charge < -0.3 is 23.8 Å².